The van der Waals surface area contributed by atoms with E-state index in [4.69, 9.17) is 0 Å². The molecule has 0 bridgehead atoms. The summed E-state index contributed by atoms with van der Waals surface area (Å²) in [5.41, 5.74) is 0. The highest BCUT2D eigenvalue weighted by atomic mass is 16.2. The van der Waals surface area contributed by atoms with Gasteiger partial charge in [0.05, 0.1) is 13.2 Å². The maximum atomic E-state index is 11.3. The lowest BCUT2D eigenvalue weighted by molar-refractivity contribution is -0.126. The van der Waals surface area contributed by atoms with E-state index in [0.717, 1.165) is 19.5 Å². The maximum absolute atomic E-state index is 11.3. The Labute approximate surface area is 86.2 Å². The van der Waals surface area contributed by atoms with E-state index in [1.165, 1.54) is 0 Å². The van der Waals surface area contributed by atoms with Gasteiger partial charge in [-0.05, 0) is 20.4 Å². The zero-order chi connectivity index (χ0) is 10.6. The molecule has 0 aromatic rings. The minimum absolute atomic E-state index is 0.225. The van der Waals surface area contributed by atoms with Crippen molar-refractivity contribution in [3.63, 3.8) is 0 Å². The Morgan fingerprint density at radius 1 is 1.64 bits per heavy atom. The van der Waals surface area contributed by atoms with Crippen molar-refractivity contribution in [1.29, 1.82) is 0 Å². The van der Waals surface area contributed by atoms with Gasteiger partial charge in [0.2, 0.25) is 5.91 Å². The van der Waals surface area contributed by atoms with Crippen LogP contribution in [0.3, 0.4) is 0 Å². The minimum atomic E-state index is 0.225. The molecule has 0 aromatic heterocycles. The minimum Gasteiger partial charge on any atom is -0.328 e. The summed E-state index contributed by atoms with van der Waals surface area (Å²) < 4.78 is 0. The van der Waals surface area contributed by atoms with Crippen molar-refractivity contribution >= 4 is 5.91 Å². The first-order valence-corrected chi connectivity index (χ1v) is 5.34. The summed E-state index contributed by atoms with van der Waals surface area (Å²) in [6.07, 6.45) is 1.16. The molecular weight excluding hydrogens is 178 g/mol. The molecule has 1 N–H and O–H groups in total. The van der Waals surface area contributed by atoms with Gasteiger partial charge in [-0.2, -0.15) is 0 Å². The van der Waals surface area contributed by atoms with Crippen molar-refractivity contribution in [3.05, 3.63) is 0 Å². The summed E-state index contributed by atoms with van der Waals surface area (Å²) in [6.45, 7) is 7.42. The molecule has 0 aromatic carbocycles. The molecule has 1 unspecified atom stereocenters. The third kappa shape index (κ3) is 2.96. The van der Waals surface area contributed by atoms with Crippen molar-refractivity contribution in [2.45, 2.75) is 26.3 Å². The van der Waals surface area contributed by atoms with Gasteiger partial charge in [0.25, 0.3) is 0 Å². The van der Waals surface area contributed by atoms with E-state index >= 15 is 0 Å². The van der Waals surface area contributed by atoms with Crippen LogP contribution in [0.1, 0.15) is 20.3 Å². The predicted octanol–water partition coefficient (Wildman–Crippen LogP) is 0.106. The summed E-state index contributed by atoms with van der Waals surface area (Å²) in [4.78, 5) is 15.4. The average molecular weight is 199 g/mol. The normalized spacial score (nSPS) is 19.4. The molecule has 1 saturated heterocycles. The van der Waals surface area contributed by atoms with Gasteiger partial charge in [-0.3, -0.25) is 10.1 Å². The van der Waals surface area contributed by atoms with Gasteiger partial charge in [0.1, 0.15) is 0 Å². The van der Waals surface area contributed by atoms with Crippen LogP contribution in [0.5, 0.6) is 0 Å². The first kappa shape index (κ1) is 11.5. The Morgan fingerprint density at radius 2 is 2.36 bits per heavy atom. The molecule has 1 heterocycles. The fourth-order valence-electron chi connectivity index (χ4n) is 1.51. The fourth-order valence-corrected chi connectivity index (χ4v) is 1.51. The molecule has 1 amide bonds. The van der Waals surface area contributed by atoms with Crippen LogP contribution in [0.15, 0.2) is 0 Å². The highest BCUT2D eigenvalue weighted by molar-refractivity contribution is 5.79. The van der Waals surface area contributed by atoms with Crippen molar-refractivity contribution in [2.75, 3.05) is 33.4 Å². The predicted molar refractivity (Wildman–Crippen MR) is 57.0 cm³/mol. The number of hydrogen-bond acceptors (Lipinski definition) is 3. The summed E-state index contributed by atoms with van der Waals surface area (Å²) in [5, 5.41) is 3.05. The molecule has 0 aliphatic carbocycles. The topological polar surface area (TPSA) is 35.6 Å². The molecular formula is C10H21N3O. The number of amides is 1. The van der Waals surface area contributed by atoms with Gasteiger partial charge >= 0.3 is 0 Å². The summed E-state index contributed by atoms with van der Waals surface area (Å²) in [5.74, 6) is 0.225. The van der Waals surface area contributed by atoms with Gasteiger partial charge in [0.15, 0.2) is 0 Å². The largest absolute Gasteiger partial charge is 0.328 e. The number of hydrogen-bond donors (Lipinski definition) is 1. The zero-order valence-electron chi connectivity index (χ0n) is 9.42. The molecule has 14 heavy (non-hydrogen) atoms. The molecule has 1 rings (SSSR count). The van der Waals surface area contributed by atoms with Gasteiger partial charge < -0.3 is 9.80 Å². The highest BCUT2D eigenvalue weighted by Crippen LogP contribution is 2.01. The summed E-state index contributed by atoms with van der Waals surface area (Å²) in [7, 11) is 2.11. The average Bonchev–Trinajstić information content (AvgIpc) is 2.59. The maximum Gasteiger partial charge on any atom is 0.237 e. The lowest BCUT2D eigenvalue weighted by Gasteiger charge is -2.25. The Bertz CT molecular complexity index is 196. The first-order valence-electron chi connectivity index (χ1n) is 5.34. The Kier molecular flexibility index (Phi) is 4.35. The van der Waals surface area contributed by atoms with Crippen molar-refractivity contribution in [3.8, 4) is 0 Å². The molecule has 1 atom stereocenters. The number of carbonyl (C=O) groups excluding carboxylic acids is 1. The highest BCUT2D eigenvalue weighted by Gasteiger charge is 2.19. The zero-order valence-corrected chi connectivity index (χ0v) is 9.42. The number of nitrogens with one attached hydrogen (secondary N) is 1. The van der Waals surface area contributed by atoms with Crippen LogP contribution in [0.4, 0.5) is 0 Å². The Balaban J connectivity index is 2.22. The quantitative estimate of drug-likeness (QED) is 0.682. The van der Waals surface area contributed by atoms with Crippen LogP contribution in [-0.4, -0.2) is 55.1 Å². The molecule has 1 aliphatic rings. The smallest absolute Gasteiger partial charge is 0.237 e. The number of rotatable bonds is 5. The third-order valence-corrected chi connectivity index (χ3v) is 3.00. The van der Waals surface area contributed by atoms with E-state index in [2.05, 4.69) is 31.1 Å². The summed E-state index contributed by atoms with van der Waals surface area (Å²) in [6, 6.07) is 0.598. The molecule has 0 radical (unpaired) electrons. The lowest BCUT2D eigenvalue weighted by atomic mass is 10.2. The Hall–Kier alpha value is -0.610. The van der Waals surface area contributed by atoms with Crippen LogP contribution in [0, 0.1) is 0 Å². The van der Waals surface area contributed by atoms with Crippen molar-refractivity contribution in [1.82, 2.24) is 15.1 Å². The number of carbonyl (C=O) groups is 1. The van der Waals surface area contributed by atoms with E-state index < -0.39 is 0 Å². The second-order valence-corrected chi connectivity index (χ2v) is 3.98. The number of likely N-dealkylation sites (N-methyl/N-ethyl adjacent to an activating group) is 1. The summed E-state index contributed by atoms with van der Waals surface area (Å²) >= 11 is 0. The number of nitrogens with zero attached hydrogens (tertiary/aromatic N) is 2. The molecule has 0 spiro atoms. The molecule has 1 aliphatic heterocycles. The first-order chi connectivity index (χ1) is 6.65. The van der Waals surface area contributed by atoms with Crippen LogP contribution >= 0.6 is 0 Å². The fraction of sp³-hybridized carbons (Fsp3) is 0.900. The van der Waals surface area contributed by atoms with Gasteiger partial charge in [-0.1, -0.05) is 6.92 Å². The van der Waals surface area contributed by atoms with Crippen molar-refractivity contribution in [2.24, 2.45) is 0 Å². The monoisotopic (exact) mass is 199 g/mol. The van der Waals surface area contributed by atoms with E-state index in [0.29, 0.717) is 19.3 Å². The molecule has 0 saturated carbocycles. The van der Waals surface area contributed by atoms with Crippen LogP contribution < -0.4 is 5.32 Å². The van der Waals surface area contributed by atoms with E-state index in [9.17, 15) is 4.79 Å². The molecule has 82 valence electrons. The standard InChI is InChI=1S/C10H21N3O/c1-4-9(2)12(3)5-6-13-8-11-7-10(13)14/h9,11H,4-8H2,1-3H3. The van der Waals surface area contributed by atoms with Gasteiger partial charge in [0, 0.05) is 19.1 Å². The lowest BCUT2D eigenvalue weighted by Crippen LogP contribution is -2.38. The van der Waals surface area contributed by atoms with Crippen molar-refractivity contribution < 1.29 is 4.79 Å². The third-order valence-electron chi connectivity index (χ3n) is 3.00. The Morgan fingerprint density at radius 3 is 2.86 bits per heavy atom. The van der Waals surface area contributed by atoms with E-state index in [1.807, 2.05) is 4.90 Å². The SMILES string of the molecule is CCC(C)N(C)CCN1CNCC1=O. The second kappa shape index (κ2) is 5.32. The van der Waals surface area contributed by atoms with Gasteiger partial charge in [-0.25, -0.2) is 0 Å². The van der Waals surface area contributed by atoms with Crippen LogP contribution in [0.25, 0.3) is 0 Å². The molecule has 4 nitrogen and oxygen atoms in total. The van der Waals surface area contributed by atoms with E-state index in [-0.39, 0.29) is 5.91 Å². The second-order valence-electron chi connectivity index (χ2n) is 3.98. The van der Waals surface area contributed by atoms with Crippen LogP contribution in [0.2, 0.25) is 0 Å². The molecule has 4 heteroatoms. The van der Waals surface area contributed by atoms with Gasteiger partial charge in [-0.15, -0.1) is 0 Å². The van der Waals surface area contributed by atoms with E-state index in [1.54, 1.807) is 0 Å². The van der Waals surface area contributed by atoms with Crippen LogP contribution in [-0.2, 0) is 4.79 Å². The molecule has 1 fully saturated rings.